The molecule has 0 spiro atoms. The number of rotatable bonds is 10. The Morgan fingerprint density at radius 1 is 0.896 bits per heavy atom. The molecule has 5 aliphatic rings. The van der Waals surface area contributed by atoms with Crippen molar-refractivity contribution in [3.05, 3.63) is 11.1 Å². The number of ketones is 1. The Kier molecular flexibility index (Phi) is 9.77. The Hall–Kier alpha value is -1.73. The standard InChI is InChI=1S/C41H67NO6/c1-24(2)22-42-23-30(44)41-19-18-39(10)26(34(41)33(25(3)4)27(43)20-41)12-13-29-38(9)16-15-31(48-32(45)21-36(5,6)35(46)47)37(7,8)28(38)14-17-40(29,39)11/h24-26,28-31,42,44H,12-23H2,1-11H3,(H,46,47)/t26?,28-,29+,30+,31-,38-,39?,40+,41-/m0/s1. The molecule has 3 N–H and O–H groups in total. The summed E-state index contributed by atoms with van der Waals surface area (Å²) in [6.07, 6.45) is 7.52. The van der Waals surface area contributed by atoms with Crippen LogP contribution in [0.15, 0.2) is 11.1 Å². The van der Waals surface area contributed by atoms with E-state index < -0.39 is 28.9 Å². The largest absolute Gasteiger partial charge is 0.481 e. The van der Waals surface area contributed by atoms with Crippen molar-refractivity contribution in [1.82, 2.24) is 5.32 Å². The highest BCUT2D eigenvalue weighted by molar-refractivity contribution is 6.00. The van der Waals surface area contributed by atoms with Gasteiger partial charge in [0.05, 0.1) is 17.9 Å². The van der Waals surface area contributed by atoms with Crippen LogP contribution < -0.4 is 5.32 Å². The molecule has 48 heavy (non-hydrogen) atoms. The highest BCUT2D eigenvalue weighted by Crippen LogP contribution is 2.77. The average molecular weight is 670 g/mol. The summed E-state index contributed by atoms with van der Waals surface area (Å²) in [5.41, 5.74) is 0.687. The minimum absolute atomic E-state index is 0.0223. The van der Waals surface area contributed by atoms with Crippen molar-refractivity contribution < 1.29 is 29.3 Å². The third-order valence-electron chi connectivity index (χ3n) is 15.4. The second kappa shape index (κ2) is 12.5. The van der Waals surface area contributed by atoms with Crippen molar-refractivity contribution >= 4 is 17.7 Å². The van der Waals surface area contributed by atoms with E-state index in [-0.39, 0.29) is 45.9 Å². The molecule has 0 aromatic carbocycles. The average Bonchev–Trinajstić information content (AvgIpc) is 3.27. The van der Waals surface area contributed by atoms with Crippen LogP contribution in [0, 0.1) is 62.1 Å². The first-order chi connectivity index (χ1) is 22.1. The normalized spacial score (nSPS) is 39.8. The number of nitrogens with one attached hydrogen (secondary N) is 1. The third-order valence-corrected chi connectivity index (χ3v) is 15.4. The van der Waals surface area contributed by atoms with Gasteiger partial charge in [0.2, 0.25) is 0 Å². The van der Waals surface area contributed by atoms with E-state index in [1.54, 1.807) is 13.8 Å². The van der Waals surface area contributed by atoms with Gasteiger partial charge in [-0.2, -0.15) is 0 Å². The van der Waals surface area contributed by atoms with E-state index in [0.717, 1.165) is 63.5 Å². The fraction of sp³-hybridized carbons (Fsp3) is 0.878. The Morgan fingerprint density at radius 2 is 1.56 bits per heavy atom. The zero-order valence-corrected chi connectivity index (χ0v) is 32.1. The van der Waals surface area contributed by atoms with Crippen molar-refractivity contribution in [1.29, 1.82) is 0 Å². The zero-order valence-electron chi connectivity index (χ0n) is 32.1. The summed E-state index contributed by atoms with van der Waals surface area (Å²) in [6.45, 7) is 25.4. The Labute approximate surface area is 290 Å². The molecule has 0 aromatic rings. The lowest BCUT2D eigenvalue weighted by atomic mass is 9.33. The van der Waals surface area contributed by atoms with Gasteiger partial charge < -0.3 is 20.3 Å². The lowest BCUT2D eigenvalue weighted by molar-refractivity contribution is -0.235. The van der Waals surface area contributed by atoms with E-state index in [4.69, 9.17) is 4.74 Å². The van der Waals surface area contributed by atoms with E-state index in [9.17, 15) is 24.6 Å². The summed E-state index contributed by atoms with van der Waals surface area (Å²) in [4.78, 5) is 38.6. The van der Waals surface area contributed by atoms with Crippen LogP contribution in [-0.4, -0.2) is 53.2 Å². The summed E-state index contributed by atoms with van der Waals surface area (Å²) in [5.74, 6) is 0.696. The zero-order chi connectivity index (χ0) is 35.8. The lowest BCUT2D eigenvalue weighted by Crippen LogP contribution is -2.66. The maximum absolute atomic E-state index is 13.9. The molecule has 0 saturated heterocycles. The van der Waals surface area contributed by atoms with Crippen molar-refractivity contribution in [3.63, 3.8) is 0 Å². The highest BCUT2D eigenvalue weighted by atomic mass is 16.5. The molecule has 272 valence electrons. The number of fused-ring (bicyclic) bond motifs is 7. The van der Waals surface area contributed by atoms with Gasteiger partial charge in [0.25, 0.3) is 0 Å². The Morgan fingerprint density at radius 3 is 2.17 bits per heavy atom. The second-order valence-electron chi connectivity index (χ2n) is 19.6. The van der Waals surface area contributed by atoms with Crippen molar-refractivity contribution in [2.75, 3.05) is 13.1 Å². The first kappa shape index (κ1) is 37.5. The van der Waals surface area contributed by atoms with E-state index in [1.165, 1.54) is 5.57 Å². The molecular weight excluding hydrogens is 602 g/mol. The first-order valence-corrected chi connectivity index (χ1v) is 19.2. The van der Waals surface area contributed by atoms with E-state index in [2.05, 4.69) is 67.6 Å². The summed E-state index contributed by atoms with van der Waals surface area (Å²) in [5, 5.41) is 25.0. The fourth-order valence-corrected chi connectivity index (χ4v) is 12.6. The summed E-state index contributed by atoms with van der Waals surface area (Å²) < 4.78 is 6.15. The van der Waals surface area contributed by atoms with Crippen LogP contribution in [0.1, 0.15) is 140 Å². The van der Waals surface area contributed by atoms with Crippen LogP contribution in [0.5, 0.6) is 0 Å². The van der Waals surface area contributed by atoms with Crippen LogP contribution in [0.2, 0.25) is 0 Å². The van der Waals surface area contributed by atoms with Gasteiger partial charge in [0.1, 0.15) is 6.10 Å². The number of hydrogen-bond acceptors (Lipinski definition) is 6. The topological polar surface area (TPSA) is 113 Å². The Balaban J connectivity index is 1.44. The number of carbonyl (C=O) groups is 3. The van der Waals surface area contributed by atoms with Gasteiger partial charge in [-0.1, -0.05) is 67.9 Å². The van der Waals surface area contributed by atoms with Gasteiger partial charge in [0.15, 0.2) is 5.78 Å². The van der Waals surface area contributed by atoms with Crippen LogP contribution in [0.25, 0.3) is 0 Å². The molecule has 0 aromatic heterocycles. The smallest absolute Gasteiger partial charge is 0.309 e. The van der Waals surface area contributed by atoms with Gasteiger partial charge in [-0.25, -0.2) is 0 Å². The third kappa shape index (κ3) is 5.64. The number of aliphatic hydroxyl groups is 1. The SMILES string of the molecule is CC(C)CNC[C@@H](O)[C@@]12CCC3(C)C(CC[C@@H]4[C@@]5(C)CC[C@H](OC(=O)CC(C)(C)C(=O)O)C(C)(C)[C@@H]5CC[C@]43C)C1=C(C(C)C)C(=O)C2. The van der Waals surface area contributed by atoms with Gasteiger partial charge in [-0.05, 0) is 123 Å². The molecule has 9 atom stereocenters. The molecule has 5 aliphatic carbocycles. The number of carbonyl (C=O) groups excluding carboxylic acids is 2. The molecule has 0 aliphatic heterocycles. The van der Waals surface area contributed by atoms with Crippen LogP contribution in [0.4, 0.5) is 0 Å². The second-order valence-corrected chi connectivity index (χ2v) is 19.6. The van der Waals surface area contributed by atoms with Crippen LogP contribution in [-0.2, 0) is 19.1 Å². The maximum Gasteiger partial charge on any atom is 0.309 e. The molecule has 7 heteroatoms. The van der Waals surface area contributed by atoms with Gasteiger partial charge >= 0.3 is 11.9 Å². The van der Waals surface area contributed by atoms with Gasteiger partial charge in [-0.3, -0.25) is 14.4 Å². The van der Waals surface area contributed by atoms with Gasteiger partial charge in [-0.15, -0.1) is 0 Å². The molecule has 0 heterocycles. The molecular formula is C41H67NO6. The van der Waals surface area contributed by atoms with E-state index in [0.29, 0.717) is 36.6 Å². The number of hydrogen-bond donors (Lipinski definition) is 3. The van der Waals surface area contributed by atoms with E-state index in [1.807, 2.05) is 0 Å². The van der Waals surface area contributed by atoms with Crippen molar-refractivity contribution in [2.45, 2.75) is 153 Å². The first-order valence-electron chi connectivity index (χ1n) is 19.2. The maximum atomic E-state index is 13.9. The molecule has 0 radical (unpaired) electrons. The molecule has 4 fully saturated rings. The monoisotopic (exact) mass is 669 g/mol. The number of carboxylic acids is 1. The highest BCUT2D eigenvalue weighted by Gasteiger charge is 2.70. The molecule has 0 bridgehead atoms. The van der Waals surface area contributed by atoms with Gasteiger partial charge in [0, 0.05) is 23.8 Å². The number of ether oxygens (including phenoxy) is 1. The number of carboxylic acid groups (broad SMARTS) is 1. The predicted octanol–water partition coefficient (Wildman–Crippen LogP) is 7.99. The minimum atomic E-state index is -1.15. The number of allylic oxidation sites excluding steroid dienone is 1. The predicted molar refractivity (Wildman–Crippen MR) is 189 cm³/mol. The molecule has 4 saturated carbocycles. The number of aliphatic carboxylic acids is 1. The minimum Gasteiger partial charge on any atom is -0.481 e. The van der Waals surface area contributed by atoms with Crippen molar-refractivity contribution in [3.8, 4) is 0 Å². The molecule has 5 rings (SSSR count). The number of esters is 1. The van der Waals surface area contributed by atoms with Crippen LogP contribution in [0.3, 0.4) is 0 Å². The molecule has 2 unspecified atom stereocenters. The van der Waals surface area contributed by atoms with Crippen LogP contribution >= 0.6 is 0 Å². The summed E-state index contributed by atoms with van der Waals surface area (Å²) in [6, 6.07) is 0. The fourth-order valence-electron chi connectivity index (χ4n) is 12.6. The molecule has 0 amide bonds. The Bertz CT molecular complexity index is 1330. The van der Waals surface area contributed by atoms with E-state index >= 15 is 0 Å². The number of Topliss-reactive ketones (excluding diaryl/α,β-unsaturated/α-hetero) is 1. The van der Waals surface area contributed by atoms with Crippen molar-refractivity contribution in [2.24, 2.45) is 62.1 Å². The quantitative estimate of drug-likeness (QED) is 0.202. The number of aliphatic hydroxyl groups excluding tert-OH is 1. The summed E-state index contributed by atoms with van der Waals surface area (Å²) >= 11 is 0. The molecule has 7 nitrogen and oxygen atoms in total. The summed E-state index contributed by atoms with van der Waals surface area (Å²) in [7, 11) is 0. The lowest BCUT2D eigenvalue weighted by Gasteiger charge is -2.72.